The Bertz CT molecular complexity index is 1200. The fourth-order valence-corrected chi connectivity index (χ4v) is 3.96. The molecule has 26 heavy (non-hydrogen) atoms. The Morgan fingerprint density at radius 1 is 0.769 bits per heavy atom. The summed E-state index contributed by atoms with van der Waals surface area (Å²) in [4.78, 5) is 9.53. The maximum absolute atomic E-state index is 4.83. The van der Waals surface area contributed by atoms with Gasteiger partial charge in [-0.25, -0.2) is 9.97 Å². The second-order valence-corrected chi connectivity index (χ2v) is 7.06. The Kier molecular flexibility index (Phi) is 3.61. The maximum Gasteiger partial charge on any atom is 0.137 e. The van der Waals surface area contributed by atoms with E-state index in [2.05, 4.69) is 34.8 Å². The van der Waals surface area contributed by atoms with Gasteiger partial charge in [0.15, 0.2) is 0 Å². The average Bonchev–Trinajstić information content (AvgIpc) is 3.28. The molecule has 5 rings (SSSR count). The molecule has 3 aromatic heterocycles. The smallest absolute Gasteiger partial charge is 0.137 e. The monoisotopic (exact) mass is 353 g/mol. The lowest BCUT2D eigenvalue weighted by Crippen LogP contribution is -1.87. The summed E-state index contributed by atoms with van der Waals surface area (Å²) in [6, 6.07) is 24.6. The van der Waals surface area contributed by atoms with E-state index in [9.17, 15) is 0 Å². The second kappa shape index (κ2) is 6.24. The molecular weight excluding hydrogens is 338 g/mol. The average molecular weight is 353 g/mol. The van der Waals surface area contributed by atoms with Gasteiger partial charge in [-0.05, 0) is 36.4 Å². The largest absolute Gasteiger partial charge is 0.300 e. The highest BCUT2D eigenvalue weighted by Crippen LogP contribution is 2.27. The van der Waals surface area contributed by atoms with Gasteiger partial charge in [0.2, 0.25) is 0 Å². The highest BCUT2D eigenvalue weighted by Gasteiger charge is 2.11. The number of pyridine rings is 1. The minimum Gasteiger partial charge on any atom is -0.300 e. The van der Waals surface area contributed by atoms with Crippen LogP contribution in [0.25, 0.3) is 39.3 Å². The van der Waals surface area contributed by atoms with Gasteiger partial charge in [0.1, 0.15) is 10.7 Å². The van der Waals surface area contributed by atoms with Gasteiger partial charge in [-0.2, -0.15) is 0 Å². The molecule has 0 aliphatic heterocycles. The molecule has 0 fully saturated rings. The first-order chi connectivity index (χ1) is 12.9. The highest BCUT2D eigenvalue weighted by molar-refractivity contribution is 7.19. The van der Waals surface area contributed by atoms with Gasteiger partial charge in [-0.3, -0.25) is 4.40 Å². The lowest BCUT2D eigenvalue weighted by atomic mass is 10.1. The molecule has 0 radical (unpaired) electrons. The van der Waals surface area contributed by atoms with Gasteiger partial charge < -0.3 is 0 Å². The van der Waals surface area contributed by atoms with Crippen molar-refractivity contribution in [2.24, 2.45) is 0 Å². The van der Waals surface area contributed by atoms with Crippen molar-refractivity contribution in [3.05, 3.63) is 89.7 Å². The quantitative estimate of drug-likeness (QED) is 0.411. The van der Waals surface area contributed by atoms with Crippen molar-refractivity contribution in [2.45, 2.75) is 0 Å². The van der Waals surface area contributed by atoms with Crippen molar-refractivity contribution >= 4 is 39.4 Å². The van der Waals surface area contributed by atoms with E-state index in [1.165, 1.54) is 4.70 Å². The van der Waals surface area contributed by atoms with Crippen LogP contribution in [0.4, 0.5) is 0 Å². The van der Waals surface area contributed by atoms with Crippen molar-refractivity contribution in [3.8, 4) is 11.3 Å². The number of rotatable bonds is 3. The number of aromatic nitrogens is 3. The SMILES string of the molecule is C(=Cc1c(-c2ccccc2)nc2ccccn12)c1nc2ccccc2s1. The Hall–Kier alpha value is -3.24. The number of hydrogen-bond acceptors (Lipinski definition) is 3. The van der Waals surface area contributed by atoms with E-state index in [1.807, 2.05) is 60.8 Å². The molecule has 0 saturated carbocycles. The summed E-state index contributed by atoms with van der Waals surface area (Å²) in [5.41, 5.74) is 5.13. The van der Waals surface area contributed by atoms with Gasteiger partial charge in [0.05, 0.1) is 21.6 Å². The van der Waals surface area contributed by atoms with Gasteiger partial charge in [0.25, 0.3) is 0 Å². The molecule has 0 spiro atoms. The van der Waals surface area contributed by atoms with E-state index in [4.69, 9.17) is 9.97 Å². The van der Waals surface area contributed by atoms with Crippen LogP contribution in [-0.2, 0) is 0 Å². The van der Waals surface area contributed by atoms with Crippen LogP contribution in [0.5, 0.6) is 0 Å². The molecule has 0 bridgehead atoms. The molecule has 4 heteroatoms. The van der Waals surface area contributed by atoms with E-state index in [1.54, 1.807) is 11.3 Å². The third-order valence-corrected chi connectivity index (χ3v) is 5.31. The number of thiazole rings is 1. The molecule has 124 valence electrons. The Morgan fingerprint density at radius 3 is 2.46 bits per heavy atom. The van der Waals surface area contributed by atoms with E-state index >= 15 is 0 Å². The van der Waals surface area contributed by atoms with Gasteiger partial charge >= 0.3 is 0 Å². The van der Waals surface area contributed by atoms with Gasteiger partial charge in [-0.1, -0.05) is 48.5 Å². The number of benzene rings is 2. The van der Waals surface area contributed by atoms with Crippen LogP contribution in [0.3, 0.4) is 0 Å². The first-order valence-corrected chi connectivity index (χ1v) is 9.26. The molecule has 0 unspecified atom stereocenters. The van der Waals surface area contributed by atoms with Crippen LogP contribution >= 0.6 is 11.3 Å². The van der Waals surface area contributed by atoms with Gasteiger partial charge in [-0.15, -0.1) is 11.3 Å². The topological polar surface area (TPSA) is 30.2 Å². The Morgan fingerprint density at radius 2 is 1.58 bits per heavy atom. The first kappa shape index (κ1) is 15.0. The summed E-state index contributed by atoms with van der Waals surface area (Å²) in [6.07, 6.45) is 6.24. The summed E-state index contributed by atoms with van der Waals surface area (Å²) in [5, 5.41) is 0.996. The molecule has 0 aliphatic carbocycles. The maximum atomic E-state index is 4.83. The lowest BCUT2D eigenvalue weighted by Gasteiger charge is -2.00. The fraction of sp³-hybridized carbons (Fsp3) is 0. The normalized spacial score (nSPS) is 11.7. The van der Waals surface area contributed by atoms with Crippen molar-refractivity contribution in [3.63, 3.8) is 0 Å². The molecule has 2 aromatic carbocycles. The van der Waals surface area contributed by atoms with Crippen LogP contribution in [0.1, 0.15) is 10.7 Å². The molecule has 3 nitrogen and oxygen atoms in total. The second-order valence-electron chi connectivity index (χ2n) is 5.99. The Balaban J connectivity index is 1.65. The van der Waals surface area contributed by atoms with Crippen molar-refractivity contribution in [2.75, 3.05) is 0 Å². The van der Waals surface area contributed by atoms with Crippen LogP contribution in [0.2, 0.25) is 0 Å². The first-order valence-electron chi connectivity index (χ1n) is 8.45. The molecule has 0 N–H and O–H groups in total. The Labute approximate surface area is 154 Å². The van der Waals surface area contributed by atoms with Crippen molar-refractivity contribution < 1.29 is 0 Å². The third kappa shape index (κ3) is 2.61. The molecule has 0 amide bonds. The molecule has 0 atom stereocenters. The zero-order valence-corrected chi connectivity index (χ0v) is 14.7. The van der Waals surface area contributed by atoms with E-state index in [0.29, 0.717) is 0 Å². The third-order valence-electron chi connectivity index (χ3n) is 4.31. The summed E-state index contributed by atoms with van der Waals surface area (Å²) in [6.45, 7) is 0. The van der Waals surface area contributed by atoms with Crippen LogP contribution in [0, 0.1) is 0 Å². The molecule has 0 aliphatic rings. The van der Waals surface area contributed by atoms with Crippen molar-refractivity contribution in [1.29, 1.82) is 0 Å². The van der Waals surface area contributed by atoms with Gasteiger partial charge in [0, 0.05) is 11.8 Å². The number of fused-ring (bicyclic) bond motifs is 2. The number of hydrogen-bond donors (Lipinski definition) is 0. The van der Waals surface area contributed by atoms with Crippen LogP contribution in [-0.4, -0.2) is 14.4 Å². The highest BCUT2D eigenvalue weighted by atomic mass is 32.1. The lowest BCUT2D eigenvalue weighted by molar-refractivity contribution is 1.17. The van der Waals surface area contributed by atoms with E-state index in [0.717, 1.165) is 33.1 Å². The molecule has 0 saturated heterocycles. The zero-order chi connectivity index (χ0) is 17.3. The minimum absolute atomic E-state index is 0.940. The van der Waals surface area contributed by atoms with Crippen molar-refractivity contribution in [1.82, 2.24) is 14.4 Å². The summed E-state index contributed by atoms with van der Waals surface area (Å²) < 4.78 is 3.32. The van der Waals surface area contributed by atoms with Crippen LogP contribution in [0.15, 0.2) is 79.0 Å². The molecule has 3 heterocycles. The number of imidazole rings is 1. The number of nitrogens with zero attached hydrogens (tertiary/aromatic N) is 3. The number of para-hydroxylation sites is 1. The summed E-state index contributed by atoms with van der Waals surface area (Å²) in [5.74, 6) is 0. The fourth-order valence-electron chi connectivity index (χ4n) is 3.09. The van der Waals surface area contributed by atoms with E-state index < -0.39 is 0 Å². The predicted octanol–water partition coefficient (Wildman–Crippen LogP) is 5.78. The zero-order valence-electron chi connectivity index (χ0n) is 13.9. The van der Waals surface area contributed by atoms with E-state index in [-0.39, 0.29) is 0 Å². The standard InChI is InChI=1S/C22H15N3S/c1-2-8-16(9-3-1)22-18(25-15-7-6-12-20(25)24-22)13-14-21-23-17-10-4-5-11-19(17)26-21/h1-15H. The predicted molar refractivity (Wildman–Crippen MR) is 109 cm³/mol. The summed E-state index contributed by atoms with van der Waals surface area (Å²) >= 11 is 1.70. The summed E-state index contributed by atoms with van der Waals surface area (Å²) in [7, 11) is 0. The molecular formula is C22H15N3S. The molecule has 5 aromatic rings. The minimum atomic E-state index is 0.940. The van der Waals surface area contributed by atoms with Crippen LogP contribution < -0.4 is 0 Å².